The van der Waals surface area contributed by atoms with Crippen LogP contribution < -0.4 is 10.6 Å². The minimum absolute atomic E-state index is 0.233. The fraction of sp³-hybridized carbons (Fsp3) is 0.0417. The van der Waals surface area contributed by atoms with Crippen LogP contribution in [0.15, 0.2) is 82.2 Å². The van der Waals surface area contributed by atoms with Crippen molar-refractivity contribution in [3.8, 4) is 11.5 Å². The number of aromatic nitrogens is 3. The summed E-state index contributed by atoms with van der Waals surface area (Å²) in [5.74, 6) is -0.207. The fourth-order valence-corrected chi connectivity index (χ4v) is 3.40. The summed E-state index contributed by atoms with van der Waals surface area (Å²) in [4.78, 5) is 34.2. The summed E-state index contributed by atoms with van der Waals surface area (Å²) < 4.78 is 10.7. The van der Waals surface area contributed by atoms with Gasteiger partial charge in [-0.05, 0) is 55.5 Å². The van der Waals surface area contributed by atoms with Gasteiger partial charge < -0.3 is 19.6 Å². The summed E-state index contributed by atoms with van der Waals surface area (Å²) >= 11 is 0. The summed E-state index contributed by atoms with van der Waals surface area (Å²) in [5.41, 5.74) is 3.02. The lowest BCUT2D eigenvalue weighted by atomic mass is 10.1. The number of pyridine rings is 2. The van der Waals surface area contributed by atoms with Gasteiger partial charge in [-0.15, -0.1) is 0 Å². The summed E-state index contributed by atoms with van der Waals surface area (Å²) in [6, 6.07) is 15.1. The number of furan rings is 1. The molecular formula is C24H17N5O4. The van der Waals surface area contributed by atoms with Crippen LogP contribution in [0, 0.1) is 6.92 Å². The van der Waals surface area contributed by atoms with Gasteiger partial charge in [-0.2, -0.15) is 0 Å². The van der Waals surface area contributed by atoms with E-state index < -0.39 is 5.91 Å². The van der Waals surface area contributed by atoms with Crippen LogP contribution in [0.4, 0.5) is 11.4 Å². The third kappa shape index (κ3) is 4.07. The standard InChI is InChI=1S/C24H17N5O4/c1-14-21-18(13-19(20-6-3-11-32-20)28-24(21)33-29-14)23(31)27-17-5-2-4-15(12-17)22(30)26-16-7-9-25-10-8-16/h2-13H,1H3,(H,27,31)(H,25,26,30). The van der Waals surface area contributed by atoms with E-state index in [9.17, 15) is 9.59 Å². The Morgan fingerprint density at radius 3 is 2.52 bits per heavy atom. The van der Waals surface area contributed by atoms with Crippen molar-refractivity contribution in [2.24, 2.45) is 0 Å². The lowest BCUT2D eigenvalue weighted by Crippen LogP contribution is -2.15. The van der Waals surface area contributed by atoms with Gasteiger partial charge in [0.05, 0.1) is 22.9 Å². The van der Waals surface area contributed by atoms with Gasteiger partial charge in [0.2, 0.25) is 0 Å². The Kier molecular flexibility index (Phi) is 5.12. The maximum absolute atomic E-state index is 13.2. The lowest BCUT2D eigenvalue weighted by molar-refractivity contribution is 0.101. The van der Waals surface area contributed by atoms with Crippen LogP contribution in [0.2, 0.25) is 0 Å². The van der Waals surface area contributed by atoms with Crippen molar-refractivity contribution in [3.63, 3.8) is 0 Å². The van der Waals surface area contributed by atoms with E-state index in [4.69, 9.17) is 8.94 Å². The topological polar surface area (TPSA) is 123 Å². The number of nitrogens with one attached hydrogen (secondary N) is 2. The van der Waals surface area contributed by atoms with Crippen LogP contribution in [0.1, 0.15) is 26.4 Å². The number of benzene rings is 1. The van der Waals surface area contributed by atoms with Gasteiger partial charge in [-0.3, -0.25) is 14.6 Å². The van der Waals surface area contributed by atoms with Gasteiger partial charge in [0.15, 0.2) is 5.76 Å². The van der Waals surface area contributed by atoms with Crippen LogP contribution >= 0.6 is 0 Å². The first-order valence-electron chi connectivity index (χ1n) is 10.0. The van der Waals surface area contributed by atoms with Crippen molar-refractivity contribution in [3.05, 3.63) is 90.1 Å². The zero-order valence-electron chi connectivity index (χ0n) is 17.4. The average molecular weight is 439 g/mol. The number of hydrogen-bond acceptors (Lipinski definition) is 7. The molecule has 0 aliphatic heterocycles. The first-order chi connectivity index (χ1) is 16.1. The van der Waals surface area contributed by atoms with Crippen molar-refractivity contribution >= 4 is 34.3 Å². The largest absolute Gasteiger partial charge is 0.463 e. The molecule has 5 aromatic rings. The van der Waals surface area contributed by atoms with E-state index in [2.05, 4.69) is 25.8 Å². The number of anilines is 2. The number of rotatable bonds is 5. The number of carbonyl (C=O) groups excluding carboxylic acids is 2. The molecule has 4 aromatic heterocycles. The smallest absolute Gasteiger partial charge is 0.259 e. The quantitative estimate of drug-likeness (QED) is 0.407. The molecule has 2 N–H and O–H groups in total. The Balaban J connectivity index is 1.44. The average Bonchev–Trinajstić information content (AvgIpc) is 3.50. The normalized spacial score (nSPS) is 10.8. The van der Waals surface area contributed by atoms with Crippen LogP contribution in [0.5, 0.6) is 0 Å². The van der Waals surface area contributed by atoms with Crippen LogP contribution in [-0.4, -0.2) is 26.9 Å². The van der Waals surface area contributed by atoms with Gasteiger partial charge in [0.1, 0.15) is 5.69 Å². The van der Waals surface area contributed by atoms with Gasteiger partial charge in [0, 0.05) is 29.3 Å². The highest BCUT2D eigenvalue weighted by Gasteiger charge is 2.20. The number of aryl methyl sites for hydroxylation is 1. The number of nitrogens with zero attached hydrogens (tertiary/aromatic N) is 3. The SMILES string of the molecule is Cc1noc2nc(-c3ccco3)cc(C(=O)Nc3cccc(C(=O)Nc4ccncc4)c3)c12. The molecule has 0 aliphatic rings. The second-order valence-electron chi connectivity index (χ2n) is 7.21. The highest BCUT2D eigenvalue weighted by molar-refractivity contribution is 6.13. The Bertz CT molecular complexity index is 1460. The molecule has 162 valence electrons. The minimum Gasteiger partial charge on any atom is -0.463 e. The molecule has 2 amide bonds. The monoisotopic (exact) mass is 439 g/mol. The van der Waals surface area contributed by atoms with Crippen LogP contribution in [-0.2, 0) is 0 Å². The Morgan fingerprint density at radius 2 is 1.73 bits per heavy atom. The van der Waals surface area contributed by atoms with Gasteiger partial charge in [-0.25, -0.2) is 4.98 Å². The molecule has 9 heteroatoms. The van der Waals surface area contributed by atoms with E-state index in [0.29, 0.717) is 45.0 Å². The highest BCUT2D eigenvalue weighted by Crippen LogP contribution is 2.28. The molecule has 1 aromatic carbocycles. The van der Waals surface area contributed by atoms with E-state index >= 15 is 0 Å². The second-order valence-corrected chi connectivity index (χ2v) is 7.21. The molecule has 0 saturated carbocycles. The number of amides is 2. The molecule has 0 bridgehead atoms. The van der Waals surface area contributed by atoms with Crippen molar-refractivity contribution in [1.82, 2.24) is 15.1 Å². The first kappa shape index (κ1) is 20.1. The third-order valence-electron chi connectivity index (χ3n) is 4.96. The minimum atomic E-state index is -0.395. The maximum atomic E-state index is 13.2. The van der Waals surface area contributed by atoms with Crippen molar-refractivity contribution < 1.29 is 18.5 Å². The fourth-order valence-electron chi connectivity index (χ4n) is 3.40. The van der Waals surface area contributed by atoms with Crippen LogP contribution in [0.3, 0.4) is 0 Å². The Labute approximate surface area is 187 Å². The highest BCUT2D eigenvalue weighted by atomic mass is 16.5. The molecule has 0 radical (unpaired) electrons. The van der Waals surface area contributed by atoms with Crippen LogP contribution in [0.25, 0.3) is 22.6 Å². The molecule has 9 nitrogen and oxygen atoms in total. The summed E-state index contributed by atoms with van der Waals surface area (Å²) in [6.07, 6.45) is 4.70. The number of hydrogen-bond donors (Lipinski definition) is 2. The Morgan fingerprint density at radius 1 is 0.909 bits per heavy atom. The predicted molar refractivity (Wildman–Crippen MR) is 121 cm³/mol. The van der Waals surface area contributed by atoms with E-state index in [0.717, 1.165) is 0 Å². The first-order valence-corrected chi connectivity index (χ1v) is 10.0. The number of carbonyl (C=O) groups is 2. The maximum Gasteiger partial charge on any atom is 0.259 e. The van der Waals surface area contributed by atoms with E-state index in [1.807, 2.05) is 0 Å². The van der Waals surface area contributed by atoms with Crippen molar-refractivity contribution in [2.75, 3.05) is 10.6 Å². The van der Waals surface area contributed by atoms with Gasteiger partial charge in [-0.1, -0.05) is 11.2 Å². The van der Waals surface area contributed by atoms with Crippen molar-refractivity contribution in [2.45, 2.75) is 6.92 Å². The molecule has 0 saturated heterocycles. The number of fused-ring (bicyclic) bond motifs is 1. The summed E-state index contributed by atoms with van der Waals surface area (Å²) in [6.45, 7) is 1.74. The van der Waals surface area contributed by atoms with E-state index in [1.54, 1.807) is 73.9 Å². The summed E-state index contributed by atoms with van der Waals surface area (Å²) in [5, 5.41) is 10.1. The molecule has 0 atom stereocenters. The molecule has 5 rings (SSSR count). The molecule has 33 heavy (non-hydrogen) atoms. The Hall–Kier alpha value is -4.79. The second kappa shape index (κ2) is 8.39. The summed E-state index contributed by atoms with van der Waals surface area (Å²) in [7, 11) is 0. The molecule has 0 fully saturated rings. The lowest BCUT2D eigenvalue weighted by Gasteiger charge is -2.09. The molecule has 4 heterocycles. The zero-order chi connectivity index (χ0) is 22.8. The molecule has 0 spiro atoms. The van der Waals surface area contributed by atoms with Gasteiger partial charge in [0.25, 0.3) is 17.5 Å². The molecule has 0 aliphatic carbocycles. The molecule has 0 unspecified atom stereocenters. The van der Waals surface area contributed by atoms with Gasteiger partial charge >= 0.3 is 0 Å². The predicted octanol–water partition coefficient (Wildman–Crippen LogP) is 4.69. The third-order valence-corrected chi connectivity index (χ3v) is 4.96. The molecular weight excluding hydrogens is 422 g/mol. The van der Waals surface area contributed by atoms with E-state index in [-0.39, 0.29) is 11.6 Å². The van der Waals surface area contributed by atoms with Crippen molar-refractivity contribution in [1.29, 1.82) is 0 Å². The van der Waals surface area contributed by atoms with E-state index in [1.165, 1.54) is 6.26 Å². The zero-order valence-corrected chi connectivity index (χ0v) is 17.4.